The molecule has 110 valence electrons. The molecule has 1 atom stereocenters. The number of hydrogen-bond acceptors (Lipinski definition) is 4. The first kappa shape index (κ1) is 14.4. The van der Waals surface area contributed by atoms with E-state index in [0.717, 1.165) is 24.2 Å². The molecule has 21 heavy (non-hydrogen) atoms. The number of alkyl halides is 1. The smallest absolute Gasteiger partial charge is 0.269 e. The zero-order valence-corrected chi connectivity index (χ0v) is 13.2. The van der Waals surface area contributed by atoms with Crippen LogP contribution in [-0.2, 0) is 12.3 Å². The highest BCUT2D eigenvalue weighted by molar-refractivity contribution is 7.10. The third-order valence-electron chi connectivity index (χ3n) is 4.00. The second-order valence-corrected chi connectivity index (χ2v) is 6.39. The summed E-state index contributed by atoms with van der Waals surface area (Å²) in [5.74, 6) is 0.275. The maximum atomic E-state index is 10.9. The first-order valence-electron chi connectivity index (χ1n) is 6.78. The largest absolute Gasteiger partial charge is 0.364 e. The minimum Gasteiger partial charge on any atom is -0.364 e. The maximum absolute atomic E-state index is 10.9. The van der Waals surface area contributed by atoms with Crippen LogP contribution in [0.5, 0.6) is 0 Å². The molecule has 1 aliphatic rings. The molecule has 1 aliphatic heterocycles. The number of nitrogens with zero attached hydrogens (tertiary/aromatic N) is 2. The molecule has 2 heterocycles. The Balaban J connectivity index is 1.99. The molecular formula is C15H15ClN2O2S. The van der Waals surface area contributed by atoms with E-state index in [2.05, 4.69) is 23.3 Å². The number of halogens is 1. The molecule has 0 spiro atoms. The Morgan fingerprint density at radius 2 is 2.29 bits per heavy atom. The van der Waals surface area contributed by atoms with Crippen molar-refractivity contribution in [3.8, 4) is 0 Å². The minimum absolute atomic E-state index is 0.0929. The molecule has 0 radical (unpaired) electrons. The molecule has 0 bridgehead atoms. The van der Waals surface area contributed by atoms with Crippen LogP contribution in [0.3, 0.4) is 0 Å². The zero-order valence-electron chi connectivity index (χ0n) is 11.6. The van der Waals surface area contributed by atoms with E-state index < -0.39 is 0 Å². The molecule has 1 aromatic heterocycles. The highest BCUT2D eigenvalue weighted by Gasteiger charge is 2.26. The number of benzene rings is 1. The van der Waals surface area contributed by atoms with Crippen LogP contribution in [0.15, 0.2) is 29.6 Å². The van der Waals surface area contributed by atoms with E-state index in [0.29, 0.717) is 0 Å². The number of thiophene rings is 1. The van der Waals surface area contributed by atoms with Crippen molar-refractivity contribution in [1.29, 1.82) is 0 Å². The molecule has 0 N–H and O–H groups in total. The molecule has 6 heteroatoms. The summed E-state index contributed by atoms with van der Waals surface area (Å²) in [6.07, 6.45) is 1.01. The molecule has 1 aromatic carbocycles. The molecule has 0 saturated carbocycles. The van der Waals surface area contributed by atoms with Crippen molar-refractivity contribution in [2.75, 3.05) is 11.4 Å². The van der Waals surface area contributed by atoms with Gasteiger partial charge < -0.3 is 4.90 Å². The van der Waals surface area contributed by atoms with Crippen molar-refractivity contribution in [1.82, 2.24) is 0 Å². The molecule has 0 aliphatic carbocycles. The number of rotatable bonds is 3. The molecule has 1 unspecified atom stereocenters. The summed E-state index contributed by atoms with van der Waals surface area (Å²) < 4.78 is 0. The third-order valence-corrected chi connectivity index (χ3v) is 5.29. The lowest BCUT2D eigenvalue weighted by Crippen LogP contribution is -2.33. The summed E-state index contributed by atoms with van der Waals surface area (Å²) in [4.78, 5) is 14.2. The monoisotopic (exact) mass is 322 g/mol. The quantitative estimate of drug-likeness (QED) is 0.474. The van der Waals surface area contributed by atoms with Gasteiger partial charge in [-0.05, 0) is 42.0 Å². The second kappa shape index (κ2) is 5.66. The SMILES string of the molecule is CC1c2ccsc2CCN1c1ccc([N+](=O)[O-])cc1CCl. The molecule has 0 amide bonds. The number of nitro groups is 1. The molecule has 2 aromatic rings. The predicted octanol–water partition coefficient (Wildman–Crippen LogP) is 4.52. The number of anilines is 1. The van der Waals surface area contributed by atoms with Crippen LogP contribution in [0.4, 0.5) is 11.4 Å². The van der Waals surface area contributed by atoms with Gasteiger partial charge in [-0.15, -0.1) is 22.9 Å². The highest BCUT2D eigenvalue weighted by atomic mass is 35.5. The van der Waals surface area contributed by atoms with Crippen molar-refractivity contribution >= 4 is 34.3 Å². The van der Waals surface area contributed by atoms with Gasteiger partial charge in [0, 0.05) is 35.1 Å². The number of hydrogen-bond donors (Lipinski definition) is 0. The fourth-order valence-electron chi connectivity index (χ4n) is 2.91. The zero-order chi connectivity index (χ0) is 15.0. The Bertz CT molecular complexity index is 686. The number of nitro benzene ring substituents is 1. The molecule has 3 rings (SSSR count). The van der Waals surface area contributed by atoms with E-state index in [1.165, 1.54) is 10.4 Å². The Hall–Kier alpha value is -1.59. The third kappa shape index (κ3) is 2.51. The van der Waals surface area contributed by atoms with E-state index in [1.54, 1.807) is 23.5 Å². The summed E-state index contributed by atoms with van der Waals surface area (Å²) in [6, 6.07) is 7.40. The molecular weight excluding hydrogens is 308 g/mol. The van der Waals surface area contributed by atoms with Gasteiger partial charge in [-0.3, -0.25) is 10.1 Å². The molecule has 0 saturated heterocycles. The Kier molecular flexibility index (Phi) is 3.87. The molecule has 0 fully saturated rings. The lowest BCUT2D eigenvalue weighted by atomic mass is 9.99. The normalized spacial score (nSPS) is 17.6. The van der Waals surface area contributed by atoms with Crippen LogP contribution in [-0.4, -0.2) is 11.5 Å². The lowest BCUT2D eigenvalue weighted by molar-refractivity contribution is -0.384. The summed E-state index contributed by atoms with van der Waals surface area (Å²) in [5.41, 5.74) is 3.26. The number of fused-ring (bicyclic) bond motifs is 1. The van der Waals surface area contributed by atoms with Gasteiger partial charge in [0.05, 0.1) is 11.0 Å². The Morgan fingerprint density at radius 1 is 1.48 bits per heavy atom. The van der Waals surface area contributed by atoms with E-state index >= 15 is 0 Å². The van der Waals surface area contributed by atoms with Gasteiger partial charge in [0.15, 0.2) is 0 Å². The van der Waals surface area contributed by atoms with Gasteiger partial charge in [-0.2, -0.15) is 0 Å². The average Bonchev–Trinajstić information content (AvgIpc) is 2.96. The summed E-state index contributed by atoms with van der Waals surface area (Å²) in [6.45, 7) is 3.08. The van der Waals surface area contributed by atoms with Crippen molar-refractivity contribution in [2.24, 2.45) is 0 Å². The van der Waals surface area contributed by atoms with Crippen LogP contribution in [0.25, 0.3) is 0 Å². The Labute approximate surface area is 132 Å². The van der Waals surface area contributed by atoms with Crippen LogP contribution < -0.4 is 4.90 Å². The van der Waals surface area contributed by atoms with E-state index in [1.807, 2.05) is 6.07 Å². The van der Waals surface area contributed by atoms with E-state index in [9.17, 15) is 10.1 Å². The van der Waals surface area contributed by atoms with Gasteiger partial charge in [-0.1, -0.05) is 0 Å². The first-order valence-corrected chi connectivity index (χ1v) is 8.19. The second-order valence-electron chi connectivity index (χ2n) is 5.12. The van der Waals surface area contributed by atoms with Crippen LogP contribution in [0, 0.1) is 10.1 Å². The average molecular weight is 323 g/mol. The van der Waals surface area contributed by atoms with E-state index in [-0.39, 0.29) is 22.5 Å². The minimum atomic E-state index is -0.379. The summed E-state index contributed by atoms with van der Waals surface area (Å²) in [7, 11) is 0. The summed E-state index contributed by atoms with van der Waals surface area (Å²) >= 11 is 7.81. The van der Waals surface area contributed by atoms with Gasteiger partial charge in [0.2, 0.25) is 0 Å². The van der Waals surface area contributed by atoms with Crippen molar-refractivity contribution < 1.29 is 4.92 Å². The van der Waals surface area contributed by atoms with Crippen molar-refractivity contribution in [3.05, 3.63) is 55.8 Å². The van der Waals surface area contributed by atoms with Crippen LogP contribution in [0.1, 0.15) is 29.0 Å². The Morgan fingerprint density at radius 3 is 3.00 bits per heavy atom. The molecule has 4 nitrogen and oxygen atoms in total. The van der Waals surface area contributed by atoms with Crippen LogP contribution >= 0.6 is 22.9 Å². The van der Waals surface area contributed by atoms with Gasteiger partial charge in [0.1, 0.15) is 0 Å². The standard InChI is InChI=1S/C15H15ClN2O2S/c1-10-13-5-7-21-15(13)4-6-17(10)14-3-2-12(18(19)20)8-11(14)9-16/h2-3,5,7-8,10H,4,6,9H2,1H3. The number of non-ortho nitro benzene ring substituents is 1. The first-order chi connectivity index (χ1) is 10.1. The van der Waals surface area contributed by atoms with Crippen molar-refractivity contribution in [2.45, 2.75) is 25.3 Å². The lowest BCUT2D eigenvalue weighted by Gasteiger charge is -2.36. The summed E-state index contributed by atoms with van der Waals surface area (Å²) in [5, 5.41) is 13.0. The fourth-order valence-corrected chi connectivity index (χ4v) is 4.09. The van der Waals surface area contributed by atoms with Gasteiger partial charge >= 0.3 is 0 Å². The maximum Gasteiger partial charge on any atom is 0.269 e. The van der Waals surface area contributed by atoms with Gasteiger partial charge in [-0.25, -0.2) is 0 Å². The van der Waals surface area contributed by atoms with Gasteiger partial charge in [0.25, 0.3) is 5.69 Å². The predicted molar refractivity (Wildman–Crippen MR) is 86.4 cm³/mol. The fraction of sp³-hybridized carbons (Fsp3) is 0.333. The van der Waals surface area contributed by atoms with Crippen molar-refractivity contribution in [3.63, 3.8) is 0 Å². The van der Waals surface area contributed by atoms with Crippen LogP contribution in [0.2, 0.25) is 0 Å². The van der Waals surface area contributed by atoms with E-state index in [4.69, 9.17) is 11.6 Å². The highest BCUT2D eigenvalue weighted by Crippen LogP contribution is 2.38. The topological polar surface area (TPSA) is 46.4 Å².